The van der Waals surface area contributed by atoms with Gasteiger partial charge in [0, 0.05) is 64.1 Å². The highest BCUT2D eigenvalue weighted by atomic mass is 32.1. The van der Waals surface area contributed by atoms with Gasteiger partial charge in [-0.1, -0.05) is 146 Å². The number of fused-ring (bicyclic) bond motifs is 12. The predicted molar refractivity (Wildman–Crippen MR) is 269 cm³/mol. The van der Waals surface area contributed by atoms with Crippen LogP contribution in [0, 0.1) is 0 Å². The lowest BCUT2D eigenvalue weighted by Gasteiger charge is -2.20. The number of thiophene rings is 1. The van der Waals surface area contributed by atoms with Gasteiger partial charge >= 0.3 is 0 Å². The van der Waals surface area contributed by atoms with Crippen molar-refractivity contribution in [1.82, 2.24) is 23.7 Å². The van der Waals surface area contributed by atoms with E-state index in [-0.39, 0.29) is 30.1 Å². The second kappa shape index (κ2) is 13.6. The Bertz CT molecular complexity index is 4360. The van der Waals surface area contributed by atoms with Crippen LogP contribution in [0.15, 0.2) is 212 Å². The van der Waals surface area contributed by atoms with E-state index in [1.165, 1.54) is 20.2 Å². The summed E-state index contributed by atoms with van der Waals surface area (Å²) >= 11 is 1.79. The van der Waals surface area contributed by atoms with Crippen LogP contribution in [0.1, 0.15) is 5.48 Å². The molecule has 0 N–H and O–H groups in total. The molecule has 5 heterocycles. The van der Waals surface area contributed by atoms with Crippen LogP contribution >= 0.6 is 11.3 Å². The molecule has 0 saturated heterocycles. The molecule has 0 spiro atoms. The molecule has 0 aliphatic carbocycles. The number of aromatic nitrogens is 5. The second-order valence-electron chi connectivity index (χ2n) is 16.2. The summed E-state index contributed by atoms with van der Waals surface area (Å²) in [6.45, 7) is 0. The summed E-state index contributed by atoms with van der Waals surface area (Å²) in [6.07, 6.45) is 0. The number of nitrogens with zero attached hydrogens (tertiary/aromatic N) is 5. The summed E-state index contributed by atoms with van der Waals surface area (Å²) in [5.74, 6) is 0.884. The van der Waals surface area contributed by atoms with Gasteiger partial charge < -0.3 is 4.57 Å². The first-order valence-electron chi connectivity index (χ1n) is 23.3. The Morgan fingerprint density at radius 2 is 0.922 bits per heavy atom. The molecule has 0 radical (unpaired) electrons. The first-order chi connectivity index (χ1) is 33.4. The van der Waals surface area contributed by atoms with Crippen molar-refractivity contribution >= 4 is 96.9 Å². The SMILES string of the molecule is [2H]c1c([2H])c([2H])c2c(c1[2H])c1ccccc1n2-c1nc(-c2c(-c3ccc4sc5ccccc5c4c3)cccc2-n2c3ccccc3c3ccccc32)cc(-n2c3ccccc3c3ccccc32)n1. The monoisotopic (exact) mass is 837 g/mol. The molecule has 64 heavy (non-hydrogen) atoms. The molecule has 5 aromatic heterocycles. The Morgan fingerprint density at radius 1 is 0.391 bits per heavy atom. The Balaban J connectivity index is 1.17. The van der Waals surface area contributed by atoms with E-state index < -0.39 is 0 Å². The van der Waals surface area contributed by atoms with Crippen molar-refractivity contribution in [2.45, 2.75) is 0 Å². The molecule has 5 nitrogen and oxygen atoms in total. The van der Waals surface area contributed by atoms with Gasteiger partial charge in [-0.2, -0.15) is 4.98 Å². The summed E-state index contributed by atoms with van der Waals surface area (Å²) in [5, 5.41) is 7.94. The van der Waals surface area contributed by atoms with Crippen molar-refractivity contribution in [3.05, 3.63) is 212 Å². The third-order valence-electron chi connectivity index (χ3n) is 12.8. The van der Waals surface area contributed by atoms with Gasteiger partial charge in [-0.25, -0.2) is 4.98 Å². The summed E-state index contributed by atoms with van der Waals surface area (Å²) in [4.78, 5) is 11.1. The minimum atomic E-state index is -0.319. The van der Waals surface area contributed by atoms with Crippen molar-refractivity contribution in [3.8, 4) is 39.8 Å². The van der Waals surface area contributed by atoms with Gasteiger partial charge in [0.25, 0.3) is 0 Å². The van der Waals surface area contributed by atoms with Gasteiger partial charge in [0.15, 0.2) is 0 Å². The van der Waals surface area contributed by atoms with E-state index in [1.54, 1.807) is 11.3 Å². The summed E-state index contributed by atoms with van der Waals surface area (Å²) in [5.41, 5.74) is 9.50. The lowest BCUT2D eigenvalue weighted by atomic mass is 9.94. The standard InChI is InChI=1S/C58H35N5S/c1-8-24-47-38(16-1)39-17-2-9-25-48(39)61(47)53-30-15-23-37(36-32-33-55-45(34-36)44-22-7-14-31-54(44)64-55)57(53)46-35-56(62-49-26-10-3-18-40(49)41-19-4-11-27-50(41)62)60-58(59-46)63-51-28-12-5-20-42(51)43-21-6-13-29-52(43)63/h1-35H/i5D,12D,20D,28D. The molecule has 6 heteroatoms. The highest BCUT2D eigenvalue weighted by Crippen LogP contribution is 2.44. The number of hydrogen-bond donors (Lipinski definition) is 0. The maximum Gasteiger partial charge on any atom is 0.237 e. The fraction of sp³-hybridized carbons (Fsp3) is 0. The van der Waals surface area contributed by atoms with Gasteiger partial charge in [-0.3, -0.25) is 9.13 Å². The maximum absolute atomic E-state index is 9.44. The lowest BCUT2D eigenvalue weighted by molar-refractivity contribution is 0.951. The number of para-hydroxylation sites is 6. The van der Waals surface area contributed by atoms with Crippen LogP contribution in [0.5, 0.6) is 0 Å². The fourth-order valence-electron chi connectivity index (χ4n) is 10.1. The first kappa shape index (κ1) is 31.5. The van der Waals surface area contributed by atoms with Crippen LogP contribution in [0.3, 0.4) is 0 Å². The van der Waals surface area contributed by atoms with Gasteiger partial charge in [-0.15, -0.1) is 11.3 Å². The number of benzene rings is 9. The molecule has 0 fully saturated rings. The number of hydrogen-bond acceptors (Lipinski definition) is 3. The molecule has 0 amide bonds. The Hall–Kier alpha value is -8.32. The van der Waals surface area contributed by atoms with E-state index in [9.17, 15) is 2.74 Å². The Kier molecular flexibility index (Phi) is 6.69. The van der Waals surface area contributed by atoms with Crippen molar-refractivity contribution in [1.29, 1.82) is 0 Å². The topological polar surface area (TPSA) is 40.6 Å². The Labute approximate surface area is 376 Å². The predicted octanol–water partition coefficient (Wildman–Crippen LogP) is 15.5. The Morgan fingerprint density at radius 3 is 1.58 bits per heavy atom. The number of rotatable bonds is 5. The highest BCUT2D eigenvalue weighted by molar-refractivity contribution is 7.25. The largest absolute Gasteiger partial charge is 0.309 e. The van der Waals surface area contributed by atoms with Crippen LogP contribution in [0.2, 0.25) is 0 Å². The summed E-state index contributed by atoms with van der Waals surface area (Å²) in [6, 6.07) is 64.5. The highest BCUT2D eigenvalue weighted by Gasteiger charge is 2.24. The second-order valence-corrected chi connectivity index (χ2v) is 17.3. The molecule has 9 aromatic carbocycles. The van der Waals surface area contributed by atoms with E-state index in [4.69, 9.17) is 12.7 Å². The summed E-state index contributed by atoms with van der Waals surface area (Å²) in [7, 11) is 0. The zero-order chi connectivity index (χ0) is 45.4. The molecule has 0 aliphatic rings. The van der Waals surface area contributed by atoms with Crippen molar-refractivity contribution in [3.63, 3.8) is 0 Å². The van der Waals surface area contributed by atoms with Crippen LogP contribution in [0.4, 0.5) is 0 Å². The van der Waals surface area contributed by atoms with Crippen LogP contribution in [-0.4, -0.2) is 23.7 Å². The van der Waals surface area contributed by atoms with Crippen molar-refractivity contribution in [2.24, 2.45) is 0 Å². The van der Waals surface area contributed by atoms with E-state index in [0.29, 0.717) is 33.3 Å². The van der Waals surface area contributed by atoms with Gasteiger partial charge in [0.2, 0.25) is 5.95 Å². The van der Waals surface area contributed by atoms with Crippen molar-refractivity contribution in [2.75, 3.05) is 0 Å². The van der Waals surface area contributed by atoms with E-state index in [1.807, 2.05) is 41.0 Å². The molecule has 298 valence electrons. The minimum absolute atomic E-state index is 0.106. The van der Waals surface area contributed by atoms with Gasteiger partial charge in [0.05, 0.1) is 50.0 Å². The molecule has 0 saturated carbocycles. The quantitative estimate of drug-likeness (QED) is 0.173. The molecule has 14 aromatic rings. The molecule has 14 rings (SSSR count). The maximum atomic E-state index is 9.44. The van der Waals surface area contributed by atoms with E-state index >= 15 is 0 Å². The average Bonchev–Trinajstić information content (AvgIpc) is 4.13. The molecule has 0 aliphatic heterocycles. The van der Waals surface area contributed by atoms with Crippen molar-refractivity contribution < 1.29 is 5.48 Å². The molecular formula is C58H35N5S. The normalized spacial score (nSPS) is 12.9. The van der Waals surface area contributed by atoms with Gasteiger partial charge in [0.1, 0.15) is 5.82 Å². The van der Waals surface area contributed by atoms with Crippen LogP contribution < -0.4 is 0 Å². The zero-order valence-electron chi connectivity index (χ0n) is 38.0. The third-order valence-corrected chi connectivity index (χ3v) is 14.0. The average molecular weight is 838 g/mol. The van der Waals surface area contributed by atoms with E-state index in [2.05, 4.69) is 161 Å². The minimum Gasteiger partial charge on any atom is -0.309 e. The lowest BCUT2D eigenvalue weighted by Crippen LogP contribution is -2.09. The molecular weight excluding hydrogens is 799 g/mol. The fourth-order valence-corrected chi connectivity index (χ4v) is 11.2. The van der Waals surface area contributed by atoms with Gasteiger partial charge in [-0.05, 0) is 71.8 Å². The molecule has 0 bridgehead atoms. The zero-order valence-corrected chi connectivity index (χ0v) is 34.9. The third kappa shape index (κ3) is 5.05. The molecule has 0 unspecified atom stereocenters. The van der Waals surface area contributed by atoms with Crippen LogP contribution in [-0.2, 0) is 0 Å². The smallest absolute Gasteiger partial charge is 0.237 e. The van der Waals surface area contributed by atoms with E-state index in [0.717, 1.165) is 66.0 Å². The van der Waals surface area contributed by atoms with Crippen LogP contribution in [0.25, 0.3) is 125 Å². The molecule has 0 atom stereocenters. The summed E-state index contributed by atoms with van der Waals surface area (Å²) < 4.78 is 45.1. The first-order valence-corrected chi connectivity index (χ1v) is 22.2.